The molecule has 0 aromatic carbocycles. The number of halogens is 2. The van der Waals surface area contributed by atoms with Crippen LogP contribution in [0.4, 0.5) is 14.6 Å². The van der Waals surface area contributed by atoms with Gasteiger partial charge in [0.15, 0.2) is 11.6 Å². The van der Waals surface area contributed by atoms with Crippen LogP contribution in [0.3, 0.4) is 0 Å². The number of anilines is 1. The number of hydrogen-bond acceptors (Lipinski definition) is 4. The molecule has 0 saturated carbocycles. The molecule has 0 saturated heterocycles. The smallest absolute Gasteiger partial charge is 0.168 e. The Kier molecular flexibility index (Phi) is 3.73. The van der Waals surface area contributed by atoms with Gasteiger partial charge in [0.2, 0.25) is 0 Å². The molecule has 0 aliphatic carbocycles. The normalized spacial score (nSPS) is 12.6. The summed E-state index contributed by atoms with van der Waals surface area (Å²) in [6, 6.07) is 0.681. The topological polar surface area (TPSA) is 65.4 Å². The van der Waals surface area contributed by atoms with Gasteiger partial charge in [0.05, 0.1) is 18.9 Å². The zero-order valence-electron chi connectivity index (χ0n) is 7.24. The summed E-state index contributed by atoms with van der Waals surface area (Å²) >= 11 is 0. The molecule has 1 aromatic rings. The van der Waals surface area contributed by atoms with Gasteiger partial charge in [0.25, 0.3) is 0 Å². The predicted octanol–water partition coefficient (Wildman–Crippen LogP) is 0.125. The second kappa shape index (κ2) is 4.83. The average Bonchev–Trinajstić information content (AvgIpc) is 2.16. The summed E-state index contributed by atoms with van der Waals surface area (Å²) in [5.74, 6) is -1.76. The van der Waals surface area contributed by atoms with Crippen molar-refractivity contribution in [2.45, 2.75) is 6.10 Å². The largest absolute Gasteiger partial charge is 0.394 e. The van der Waals surface area contributed by atoms with Crippen LogP contribution in [0, 0.1) is 11.6 Å². The lowest BCUT2D eigenvalue weighted by Crippen LogP contribution is -2.23. The zero-order valence-corrected chi connectivity index (χ0v) is 7.24. The highest BCUT2D eigenvalue weighted by Gasteiger charge is 2.07. The second-order valence-electron chi connectivity index (χ2n) is 2.70. The molecule has 0 spiro atoms. The molecule has 14 heavy (non-hydrogen) atoms. The fourth-order valence-electron chi connectivity index (χ4n) is 0.824. The number of aliphatic hydroxyl groups excluding tert-OH is 2. The molecule has 0 aliphatic heterocycles. The number of rotatable bonds is 4. The lowest BCUT2D eigenvalue weighted by molar-refractivity contribution is 0.105. The number of nitrogens with one attached hydrogen (secondary N) is 1. The summed E-state index contributed by atoms with van der Waals surface area (Å²) in [6.45, 7) is -0.484. The maximum atomic E-state index is 12.9. The first-order valence-corrected chi connectivity index (χ1v) is 3.97. The Morgan fingerprint density at radius 1 is 1.50 bits per heavy atom. The molecule has 0 bridgehead atoms. The van der Waals surface area contributed by atoms with Crippen LogP contribution in [0.15, 0.2) is 12.3 Å². The molecule has 0 aliphatic rings. The van der Waals surface area contributed by atoms with Gasteiger partial charge in [0.1, 0.15) is 5.82 Å². The lowest BCUT2D eigenvalue weighted by atomic mass is 10.3. The van der Waals surface area contributed by atoms with Gasteiger partial charge in [-0.3, -0.25) is 0 Å². The fraction of sp³-hybridized carbons (Fsp3) is 0.375. The maximum Gasteiger partial charge on any atom is 0.168 e. The lowest BCUT2D eigenvalue weighted by Gasteiger charge is -2.09. The average molecular weight is 204 g/mol. The van der Waals surface area contributed by atoms with E-state index in [0.29, 0.717) is 6.07 Å². The number of aromatic nitrogens is 1. The van der Waals surface area contributed by atoms with Gasteiger partial charge in [0, 0.05) is 12.6 Å². The van der Waals surface area contributed by atoms with Crippen molar-refractivity contribution in [3.05, 3.63) is 23.9 Å². The van der Waals surface area contributed by atoms with E-state index < -0.39 is 24.3 Å². The van der Waals surface area contributed by atoms with Crippen molar-refractivity contribution in [2.75, 3.05) is 18.5 Å². The van der Waals surface area contributed by atoms with Crippen molar-refractivity contribution in [3.63, 3.8) is 0 Å². The number of nitrogens with zero attached hydrogens (tertiary/aromatic N) is 1. The van der Waals surface area contributed by atoms with E-state index in [1.807, 2.05) is 0 Å². The van der Waals surface area contributed by atoms with Crippen LogP contribution in [0.2, 0.25) is 0 Å². The Hall–Kier alpha value is -1.27. The molecule has 0 amide bonds. The first-order valence-electron chi connectivity index (χ1n) is 3.97. The van der Waals surface area contributed by atoms with E-state index in [1.54, 1.807) is 0 Å². The highest BCUT2D eigenvalue weighted by Crippen LogP contribution is 2.10. The predicted molar refractivity (Wildman–Crippen MR) is 45.7 cm³/mol. The molecular weight excluding hydrogens is 194 g/mol. The zero-order chi connectivity index (χ0) is 10.6. The molecule has 6 heteroatoms. The van der Waals surface area contributed by atoms with Gasteiger partial charge >= 0.3 is 0 Å². The Labute approximate surface area is 79.2 Å². The minimum atomic E-state index is -0.999. The molecule has 1 unspecified atom stereocenters. The summed E-state index contributed by atoms with van der Waals surface area (Å²) in [5, 5.41) is 19.8. The van der Waals surface area contributed by atoms with Crippen molar-refractivity contribution in [2.24, 2.45) is 0 Å². The van der Waals surface area contributed by atoms with Gasteiger partial charge in [-0.1, -0.05) is 0 Å². The Morgan fingerprint density at radius 3 is 2.79 bits per heavy atom. The van der Waals surface area contributed by atoms with Gasteiger partial charge < -0.3 is 15.5 Å². The van der Waals surface area contributed by atoms with Crippen LogP contribution in [-0.4, -0.2) is 34.5 Å². The first kappa shape index (κ1) is 10.8. The molecule has 0 radical (unpaired) electrons. The fourth-order valence-corrected chi connectivity index (χ4v) is 0.824. The van der Waals surface area contributed by atoms with Crippen molar-refractivity contribution in [1.82, 2.24) is 4.98 Å². The maximum absolute atomic E-state index is 12.9. The molecule has 1 aromatic heterocycles. The van der Waals surface area contributed by atoms with E-state index >= 15 is 0 Å². The first-order chi connectivity index (χ1) is 6.63. The number of aliphatic hydroxyl groups is 2. The molecular formula is C8H10F2N2O2. The Morgan fingerprint density at radius 2 is 2.21 bits per heavy atom. The van der Waals surface area contributed by atoms with E-state index in [1.165, 1.54) is 0 Å². The van der Waals surface area contributed by atoms with E-state index in [4.69, 9.17) is 10.2 Å². The molecule has 0 fully saturated rings. The summed E-state index contributed by atoms with van der Waals surface area (Å²) in [5.41, 5.74) is 0. The third-order valence-corrected chi connectivity index (χ3v) is 1.52. The molecule has 1 atom stereocenters. The van der Waals surface area contributed by atoms with Crippen LogP contribution in [0.25, 0.3) is 0 Å². The van der Waals surface area contributed by atoms with E-state index in [2.05, 4.69) is 10.3 Å². The third-order valence-electron chi connectivity index (χ3n) is 1.52. The summed E-state index contributed by atoms with van der Waals surface area (Å²) in [4.78, 5) is 3.43. The second-order valence-corrected chi connectivity index (χ2v) is 2.70. The molecule has 4 nitrogen and oxygen atoms in total. The van der Waals surface area contributed by atoms with E-state index in [-0.39, 0.29) is 12.4 Å². The Bertz CT molecular complexity index is 309. The SMILES string of the molecule is OCC(O)CNc1ncc(F)cc1F. The van der Waals surface area contributed by atoms with Crippen LogP contribution in [0.1, 0.15) is 0 Å². The minimum absolute atomic E-state index is 0.0496. The van der Waals surface area contributed by atoms with Crippen LogP contribution in [0.5, 0.6) is 0 Å². The van der Waals surface area contributed by atoms with Crippen molar-refractivity contribution < 1.29 is 19.0 Å². The summed E-state index contributed by atoms with van der Waals surface area (Å²) in [7, 11) is 0. The van der Waals surface area contributed by atoms with E-state index in [9.17, 15) is 8.78 Å². The summed E-state index contributed by atoms with van der Waals surface area (Å²) < 4.78 is 25.3. The summed E-state index contributed by atoms with van der Waals surface area (Å²) in [6.07, 6.45) is -0.141. The van der Waals surface area contributed by atoms with Gasteiger partial charge in [-0.2, -0.15) is 0 Å². The van der Waals surface area contributed by atoms with E-state index in [0.717, 1.165) is 6.20 Å². The van der Waals surface area contributed by atoms with Gasteiger partial charge in [-0.05, 0) is 0 Å². The van der Waals surface area contributed by atoms with Crippen LogP contribution in [-0.2, 0) is 0 Å². The highest BCUT2D eigenvalue weighted by atomic mass is 19.1. The van der Waals surface area contributed by atoms with Gasteiger partial charge in [-0.25, -0.2) is 13.8 Å². The standard InChI is InChI=1S/C8H10F2N2O2/c9-5-1-7(10)8(11-2-5)12-3-6(14)4-13/h1-2,6,13-14H,3-4H2,(H,11,12). The van der Waals surface area contributed by atoms with Crippen molar-refractivity contribution >= 4 is 5.82 Å². The van der Waals surface area contributed by atoms with Crippen LogP contribution < -0.4 is 5.32 Å². The van der Waals surface area contributed by atoms with Crippen LogP contribution >= 0.6 is 0 Å². The molecule has 78 valence electrons. The molecule has 1 rings (SSSR count). The number of hydrogen-bond donors (Lipinski definition) is 3. The van der Waals surface area contributed by atoms with Gasteiger partial charge in [-0.15, -0.1) is 0 Å². The molecule has 3 N–H and O–H groups in total. The monoisotopic (exact) mass is 204 g/mol. The number of pyridine rings is 1. The van der Waals surface area contributed by atoms with Crippen molar-refractivity contribution in [1.29, 1.82) is 0 Å². The molecule has 1 heterocycles. The third kappa shape index (κ3) is 2.90. The highest BCUT2D eigenvalue weighted by molar-refractivity contribution is 5.35. The quantitative estimate of drug-likeness (QED) is 0.652. The van der Waals surface area contributed by atoms with Crippen molar-refractivity contribution in [3.8, 4) is 0 Å². The Balaban J connectivity index is 2.59. The minimum Gasteiger partial charge on any atom is -0.394 e.